The molecule has 2 rings (SSSR count). The van der Waals surface area contributed by atoms with Crippen LogP contribution in [0.1, 0.15) is 13.8 Å². The maximum Gasteiger partial charge on any atom is 0.266 e. The van der Waals surface area contributed by atoms with Crippen LogP contribution in [-0.2, 0) is 4.79 Å². The van der Waals surface area contributed by atoms with Crippen LogP contribution in [0.25, 0.3) is 0 Å². The largest absolute Gasteiger partial charge is 0.481 e. The average Bonchev–Trinajstić information content (AvgIpc) is 2.87. The number of hydrogen-bond acceptors (Lipinski definition) is 6. The number of rotatable bonds is 6. The standard InChI is InChI=1S/C13H15N3O2S2/c1-3-19-13-16-15-12(20-13)14-11(17)9(2)18-10-7-5-4-6-8-10/h4-9H,3H2,1-2H3,(H,14,15,17)/t9-/m1/s1. The number of benzene rings is 1. The van der Waals surface area contributed by atoms with Gasteiger partial charge in [-0.2, -0.15) is 0 Å². The molecule has 106 valence electrons. The summed E-state index contributed by atoms with van der Waals surface area (Å²) in [5, 5.41) is 11.1. The molecule has 0 bridgehead atoms. The molecule has 1 aromatic carbocycles. The van der Waals surface area contributed by atoms with Gasteiger partial charge in [0, 0.05) is 0 Å². The van der Waals surface area contributed by atoms with Crippen molar-refractivity contribution in [2.75, 3.05) is 11.1 Å². The summed E-state index contributed by atoms with van der Waals surface area (Å²) in [7, 11) is 0. The van der Waals surface area contributed by atoms with Gasteiger partial charge in [0.05, 0.1) is 0 Å². The molecule has 0 fully saturated rings. The Labute approximate surface area is 125 Å². The third-order valence-electron chi connectivity index (χ3n) is 2.33. The summed E-state index contributed by atoms with van der Waals surface area (Å²) in [5.74, 6) is 1.35. The number of thioether (sulfide) groups is 1. The van der Waals surface area contributed by atoms with Crippen LogP contribution in [-0.4, -0.2) is 28.0 Å². The summed E-state index contributed by atoms with van der Waals surface area (Å²) >= 11 is 2.96. The van der Waals surface area contributed by atoms with E-state index in [2.05, 4.69) is 15.5 Å². The molecule has 0 saturated heterocycles. The number of anilines is 1. The van der Waals surface area contributed by atoms with Crippen molar-refractivity contribution in [3.05, 3.63) is 30.3 Å². The molecule has 20 heavy (non-hydrogen) atoms. The fourth-order valence-electron chi connectivity index (χ4n) is 1.41. The van der Waals surface area contributed by atoms with E-state index in [4.69, 9.17) is 4.74 Å². The first-order valence-electron chi connectivity index (χ1n) is 6.18. The third-order valence-corrected chi connectivity index (χ3v) is 4.18. The molecule has 1 amide bonds. The predicted octanol–water partition coefficient (Wildman–Crippen LogP) is 3.06. The molecule has 7 heteroatoms. The number of nitrogens with one attached hydrogen (secondary N) is 1. The van der Waals surface area contributed by atoms with Gasteiger partial charge in [-0.3, -0.25) is 10.1 Å². The zero-order chi connectivity index (χ0) is 14.4. The number of carbonyl (C=O) groups is 1. The van der Waals surface area contributed by atoms with Gasteiger partial charge in [0.25, 0.3) is 5.91 Å². The smallest absolute Gasteiger partial charge is 0.266 e. The number of para-hydroxylation sites is 1. The fourth-order valence-corrected chi connectivity index (χ4v) is 3.06. The molecular formula is C13H15N3O2S2. The summed E-state index contributed by atoms with van der Waals surface area (Å²) in [6, 6.07) is 9.24. The Morgan fingerprint density at radius 3 is 2.85 bits per heavy atom. The molecule has 0 aliphatic rings. The highest BCUT2D eigenvalue weighted by atomic mass is 32.2. The Hall–Kier alpha value is -1.60. The molecule has 0 spiro atoms. The fraction of sp³-hybridized carbons (Fsp3) is 0.308. The molecule has 0 unspecified atom stereocenters. The Morgan fingerprint density at radius 1 is 1.40 bits per heavy atom. The summed E-state index contributed by atoms with van der Waals surface area (Å²) in [5.41, 5.74) is 0. The van der Waals surface area contributed by atoms with E-state index in [1.54, 1.807) is 18.7 Å². The van der Waals surface area contributed by atoms with Crippen LogP contribution in [0.15, 0.2) is 34.7 Å². The lowest BCUT2D eigenvalue weighted by Crippen LogP contribution is -2.30. The normalized spacial score (nSPS) is 11.9. The zero-order valence-electron chi connectivity index (χ0n) is 11.2. The van der Waals surface area contributed by atoms with Gasteiger partial charge in [-0.15, -0.1) is 10.2 Å². The number of carbonyl (C=O) groups excluding carboxylic acids is 1. The minimum Gasteiger partial charge on any atom is -0.481 e. The van der Waals surface area contributed by atoms with Gasteiger partial charge >= 0.3 is 0 Å². The molecule has 1 atom stereocenters. The lowest BCUT2D eigenvalue weighted by Gasteiger charge is -2.13. The van der Waals surface area contributed by atoms with Crippen molar-refractivity contribution < 1.29 is 9.53 Å². The molecule has 2 aromatic rings. The van der Waals surface area contributed by atoms with Crippen molar-refractivity contribution in [1.29, 1.82) is 0 Å². The van der Waals surface area contributed by atoms with Crippen molar-refractivity contribution in [2.24, 2.45) is 0 Å². The molecular weight excluding hydrogens is 294 g/mol. The Bertz CT molecular complexity index is 560. The zero-order valence-corrected chi connectivity index (χ0v) is 12.8. The van der Waals surface area contributed by atoms with Gasteiger partial charge in [-0.1, -0.05) is 48.2 Å². The summed E-state index contributed by atoms with van der Waals surface area (Å²) in [4.78, 5) is 12.0. The Morgan fingerprint density at radius 2 is 2.15 bits per heavy atom. The number of amides is 1. The average molecular weight is 309 g/mol. The van der Waals surface area contributed by atoms with Crippen LogP contribution >= 0.6 is 23.1 Å². The van der Waals surface area contributed by atoms with Crippen LogP contribution < -0.4 is 10.1 Å². The van der Waals surface area contributed by atoms with Crippen molar-refractivity contribution in [1.82, 2.24) is 10.2 Å². The van der Waals surface area contributed by atoms with Crippen LogP contribution in [0.5, 0.6) is 5.75 Å². The predicted molar refractivity (Wildman–Crippen MR) is 81.5 cm³/mol. The van der Waals surface area contributed by atoms with Gasteiger partial charge in [-0.25, -0.2) is 0 Å². The maximum atomic E-state index is 12.0. The van der Waals surface area contributed by atoms with Gasteiger partial charge in [-0.05, 0) is 24.8 Å². The first kappa shape index (κ1) is 14.8. The van der Waals surface area contributed by atoms with Crippen molar-refractivity contribution >= 4 is 34.1 Å². The van der Waals surface area contributed by atoms with Crippen molar-refractivity contribution in [2.45, 2.75) is 24.3 Å². The topological polar surface area (TPSA) is 64.1 Å². The number of nitrogens with zero attached hydrogens (tertiary/aromatic N) is 2. The quantitative estimate of drug-likeness (QED) is 0.656. The van der Waals surface area contributed by atoms with Crippen molar-refractivity contribution in [3.63, 3.8) is 0 Å². The molecule has 0 radical (unpaired) electrons. The third kappa shape index (κ3) is 4.21. The number of aromatic nitrogens is 2. The maximum absolute atomic E-state index is 12.0. The molecule has 0 aliphatic carbocycles. The van der Waals surface area contributed by atoms with E-state index >= 15 is 0 Å². The monoisotopic (exact) mass is 309 g/mol. The highest BCUT2D eigenvalue weighted by Gasteiger charge is 2.16. The van der Waals surface area contributed by atoms with E-state index in [0.717, 1.165) is 10.1 Å². The minimum atomic E-state index is -0.594. The van der Waals surface area contributed by atoms with E-state index in [1.807, 2.05) is 37.3 Å². The molecule has 1 heterocycles. The van der Waals surface area contributed by atoms with Gasteiger partial charge in [0.15, 0.2) is 10.4 Å². The highest BCUT2D eigenvalue weighted by Crippen LogP contribution is 2.25. The van der Waals surface area contributed by atoms with E-state index in [0.29, 0.717) is 10.9 Å². The lowest BCUT2D eigenvalue weighted by molar-refractivity contribution is -0.122. The van der Waals surface area contributed by atoms with Gasteiger partial charge in [0.1, 0.15) is 5.75 Å². The summed E-state index contributed by atoms with van der Waals surface area (Å²) in [6.45, 7) is 3.74. The highest BCUT2D eigenvalue weighted by molar-refractivity contribution is 8.01. The van der Waals surface area contributed by atoms with E-state index in [9.17, 15) is 4.79 Å². The molecule has 1 aromatic heterocycles. The van der Waals surface area contributed by atoms with Gasteiger partial charge in [0.2, 0.25) is 5.13 Å². The summed E-state index contributed by atoms with van der Waals surface area (Å²) < 4.78 is 6.39. The van der Waals surface area contributed by atoms with E-state index in [-0.39, 0.29) is 5.91 Å². The van der Waals surface area contributed by atoms with Crippen molar-refractivity contribution in [3.8, 4) is 5.75 Å². The second kappa shape index (κ2) is 7.25. The molecule has 0 aliphatic heterocycles. The first-order valence-corrected chi connectivity index (χ1v) is 7.98. The van der Waals surface area contributed by atoms with Crippen LogP contribution in [0.2, 0.25) is 0 Å². The Kier molecular flexibility index (Phi) is 5.37. The second-order valence-corrected chi connectivity index (χ2v) is 6.36. The van der Waals surface area contributed by atoms with Gasteiger partial charge < -0.3 is 4.74 Å². The van der Waals surface area contributed by atoms with Crippen LogP contribution in [0.3, 0.4) is 0 Å². The minimum absolute atomic E-state index is 0.238. The Balaban J connectivity index is 1.90. The lowest BCUT2D eigenvalue weighted by atomic mass is 10.3. The first-order chi connectivity index (χ1) is 9.69. The van der Waals surface area contributed by atoms with Crippen LogP contribution in [0, 0.1) is 0 Å². The SMILES string of the molecule is CCSc1nnc(NC(=O)[C@@H](C)Oc2ccccc2)s1. The van der Waals surface area contributed by atoms with E-state index in [1.165, 1.54) is 11.3 Å². The molecule has 1 N–H and O–H groups in total. The number of hydrogen-bond donors (Lipinski definition) is 1. The van der Waals surface area contributed by atoms with Crippen LogP contribution in [0.4, 0.5) is 5.13 Å². The summed E-state index contributed by atoms with van der Waals surface area (Å²) in [6.07, 6.45) is -0.594. The number of ether oxygens (including phenoxy) is 1. The molecule has 5 nitrogen and oxygen atoms in total. The second-order valence-electron chi connectivity index (χ2n) is 3.87. The van der Waals surface area contributed by atoms with E-state index < -0.39 is 6.10 Å². The molecule has 0 saturated carbocycles.